The van der Waals surface area contributed by atoms with E-state index in [0.29, 0.717) is 11.8 Å². The van der Waals surface area contributed by atoms with Crippen molar-refractivity contribution in [2.45, 2.75) is 13.0 Å². The Morgan fingerprint density at radius 3 is 2.64 bits per heavy atom. The molecule has 0 aliphatic carbocycles. The normalized spacial score (nSPS) is 11.8. The van der Waals surface area contributed by atoms with Crippen molar-refractivity contribution in [1.82, 2.24) is 15.0 Å². The van der Waals surface area contributed by atoms with E-state index in [1.807, 2.05) is 49.4 Å². The predicted octanol–water partition coefficient (Wildman–Crippen LogP) is 3.84. The van der Waals surface area contributed by atoms with Crippen molar-refractivity contribution in [2.75, 3.05) is 17.2 Å². The van der Waals surface area contributed by atoms with Crippen molar-refractivity contribution in [3.8, 4) is 11.3 Å². The van der Waals surface area contributed by atoms with E-state index in [1.165, 1.54) is 0 Å². The van der Waals surface area contributed by atoms with E-state index < -0.39 is 0 Å². The maximum atomic E-state index is 9.27. The van der Waals surface area contributed by atoms with Crippen LogP contribution in [0.3, 0.4) is 0 Å². The van der Waals surface area contributed by atoms with Crippen LogP contribution in [0.15, 0.2) is 59.3 Å². The summed E-state index contributed by atoms with van der Waals surface area (Å²) in [6, 6.07) is 13.4. The Labute approximate surface area is 154 Å². The summed E-state index contributed by atoms with van der Waals surface area (Å²) in [4.78, 5) is 13.1. The topological polar surface area (TPSA) is 83.0 Å². The zero-order chi connectivity index (χ0) is 17.6. The maximum Gasteiger partial charge on any atom is 0.225 e. The molecule has 0 saturated heterocycles. The number of anilines is 3. The number of halogens is 1. The largest absolute Gasteiger partial charge is 0.394 e. The second kappa shape index (κ2) is 8.04. The molecule has 0 aliphatic rings. The van der Waals surface area contributed by atoms with E-state index >= 15 is 0 Å². The van der Waals surface area contributed by atoms with Gasteiger partial charge in [-0.05, 0) is 37.3 Å². The molecule has 0 fully saturated rings. The van der Waals surface area contributed by atoms with Crippen LogP contribution >= 0.6 is 15.9 Å². The fourth-order valence-electron chi connectivity index (χ4n) is 2.23. The van der Waals surface area contributed by atoms with Gasteiger partial charge < -0.3 is 15.7 Å². The molecule has 25 heavy (non-hydrogen) atoms. The molecule has 0 radical (unpaired) electrons. The Bertz CT molecular complexity index is 844. The minimum absolute atomic E-state index is 0.00274. The molecular weight excluding hydrogens is 382 g/mol. The lowest BCUT2D eigenvalue weighted by Gasteiger charge is -2.14. The fourth-order valence-corrected chi connectivity index (χ4v) is 2.63. The number of hydrogen-bond acceptors (Lipinski definition) is 6. The van der Waals surface area contributed by atoms with Gasteiger partial charge in [-0.1, -0.05) is 22.0 Å². The zero-order valence-corrected chi connectivity index (χ0v) is 15.2. The highest BCUT2D eigenvalue weighted by Gasteiger charge is 2.09. The van der Waals surface area contributed by atoms with Crippen LogP contribution < -0.4 is 10.6 Å². The van der Waals surface area contributed by atoms with Crippen LogP contribution in [0.2, 0.25) is 0 Å². The Balaban J connectivity index is 1.97. The molecule has 7 heteroatoms. The molecule has 1 aromatic carbocycles. The van der Waals surface area contributed by atoms with Crippen LogP contribution in [0.5, 0.6) is 0 Å². The van der Waals surface area contributed by atoms with Crippen LogP contribution in [0.1, 0.15) is 6.92 Å². The average molecular weight is 400 g/mol. The lowest BCUT2D eigenvalue weighted by atomic mass is 10.2. The third-order valence-corrected chi connectivity index (χ3v) is 3.94. The number of aliphatic hydroxyl groups is 1. The first kappa shape index (κ1) is 17.3. The Morgan fingerprint density at radius 1 is 1.12 bits per heavy atom. The molecule has 0 amide bonds. The molecule has 0 saturated carbocycles. The third-order valence-electron chi connectivity index (χ3n) is 3.45. The summed E-state index contributed by atoms with van der Waals surface area (Å²) in [5.41, 5.74) is 2.62. The van der Waals surface area contributed by atoms with Crippen LogP contribution in [0.25, 0.3) is 11.3 Å². The van der Waals surface area contributed by atoms with E-state index in [2.05, 4.69) is 41.5 Å². The summed E-state index contributed by atoms with van der Waals surface area (Å²) >= 11 is 3.46. The van der Waals surface area contributed by atoms with Gasteiger partial charge in [-0.2, -0.15) is 4.98 Å². The minimum atomic E-state index is -0.147. The van der Waals surface area contributed by atoms with Crippen molar-refractivity contribution < 1.29 is 5.11 Å². The number of aromatic nitrogens is 3. The number of pyridine rings is 1. The molecule has 3 rings (SSSR count). The Kier molecular flexibility index (Phi) is 5.57. The van der Waals surface area contributed by atoms with Crippen molar-refractivity contribution >= 4 is 33.4 Å². The van der Waals surface area contributed by atoms with E-state index in [1.54, 1.807) is 12.4 Å². The summed E-state index contributed by atoms with van der Waals surface area (Å²) < 4.78 is 0.980. The highest BCUT2D eigenvalue weighted by molar-refractivity contribution is 9.10. The number of nitrogens with zero attached hydrogens (tertiary/aromatic N) is 3. The smallest absolute Gasteiger partial charge is 0.225 e. The van der Waals surface area contributed by atoms with Gasteiger partial charge in [-0.15, -0.1) is 0 Å². The van der Waals surface area contributed by atoms with Crippen LogP contribution in [0, 0.1) is 0 Å². The maximum absolute atomic E-state index is 9.27. The van der Waals surface area contributed by atoms with Gasteiger partial charge in [0.1, 0.15) is 5.82 Å². The fraction of sp³-hybridized carbons (Fsp3) is 0.167. The van der Waals surface area contributed by atoms with E-state index in [9.17, 15) is 5.11 Å². The number of aliphatic hydroxyl groups excluding tert-OH is 1. The summed E-state index contributed by atoms with van der Waals surface area (Å²) in [6.07, 6.45) is 3.45. The molecule has 128 valence electrons. The Morgan fingerprint density at radius 2 is 1.92 bits per heavy atom. The van der Waals surface area contributed by atoms with Gasteiger partial charge in [0.15, 0.2) is 0 Å². The SMILES string of the molecule is C[C@@H](CO)Nc1nc(Nc2cccc(Br)c2)cc(-c2ccncc2)n1. The van der Waals surface area contributed by atoms with Crippen molar-refractivity contribution in [1.29, 1.82) is 0 Å². The minimum Gasteiger partial charge on any atom is -0.394 e. The first-order valence-electron chi connectivity index (χ1n) is 7.83. The standard InChI is InChI=1S/C18H18BrN5O/c1-12(11-25)21-18-23-16(13-5-7-20-8-6-13)10-17(24-18)22-15-4-2-3-14(19)9-15/h2-10,12,25H,11H2,1H3,(H2,21,22,23,24)/t12-/m0/s1. The van der Waals surface area contributed by atoms with Crippen LogP contribution in [-0.2, 0) is 0 Å². The molecular formula is C18H18BrN5O. The number of rotatable bonds is 6. The van der Waals surface area contributed by atoms with E-state index in [-0.39, 0.29) is 12.6 Å². The number of benzene rings is 1. The molecule has 0 unspecified atom stereocenters. The highest BCUT2D eigenvalue weighted by Crippen LogP contribution is 2.24. The van der Waals surface area contributed by atoms with Crippen molar-refractivity contribution in [2.24, 2.45) is 0 Å². The summed E-state index contributed by atoms with van der Waals surface area (Å²) in [5, 5.41) is 15.7. The molecule has 0 bridgehead atoms. The Hall–Kier alpha value is -2.51. The molecule has 3 N–H and O–H groups in total. The highest BCUT2D eigenvalue weighted by atomic mass is 79.9. The second-order valence-electron chi connectivity index (χ2n) is 5.56. The first-order valence-corrected chi connectivity index (χ1v) is 8.63. The second-order valence-corrected chi connectivity index (χ2v) is 6.48. The third kappa shape index (κ3) is 4.74. The number of nitrogens with one attached hydrogen (secondary N) is 2. The van der Waals surface area contributed by atoms with Gasteiger partial charge in [-0.3, -0.25) is 4.98 Å². The van der Waals surface area contributed by atoms with E-state index in [0.717, 1.165) is 21.4 Å². The molecule has 0 aliphatic heterocycles. The summed E-state index contributed by atoms with van der Waals surface area (Å²) in [6.45, 7) is 1.86. The molecule has 1 atom stereocenters. The predicted molar refractivity (Wildman–Crippen MR) is 103 cm³/mol. The van der Waals surface area contributed by atoms with Gasteiger partial charge >= 0.3 is 0 Å². The van der Waals surface area contributed by atoms with Gasteiger partial charge in [0.2, 0.25) is 5.95 Å². The number of hydrogen-bond donors (Lipinski definition) is 3. The zero-order valence-electron chi connectivity index (χ0n) is 13.6. The molecule has 3 aromatic rings. The lowest BCUT2D eigenvalue weighted by Crippen LogP contribution is -2.21. The van der Waals surface area contributed by atoms with Gasteiger partial charge in [0.05, 0.1) is 12.3 Å². The van der Waals surface area contributed by atoms with Crippen LogP contribution in [-0.4, -0.2) is 32.7 Å². The van der Waals surface area contributed by atoms with Crippen LogP contribution in [0.4, 0.5) is 17.5 Å². The lowest BCUT2D eigenvalue weighted by molar-refractivity contribution is 0.281. The van der Waals surface area contributed by atoms with Gasteiger partial charge in [0, 0.05) is 40.2 Å². The first-order chi connectivity index (χ1) is 12.1. The van der Waals surface area contributed by atoms with Crippen molar-refractivity contribution in [3.63, 3.8) is 0 Å². The molecule has 6 nitrogen and oxygen atoms in total. The quantitative estimate of drug-likeness (QED) is 0.583. The van der Waals surface area contributed by atoms with Gasteiger partial charge in [0.25, 0.3) is 0 Å². The monoisotopic (exact) mass is 399 g/mol. The van der Waals surface area contributed by atoms with E-state index in [4.69, 9.17) is 0 Å². The van der Waals surface area contributed by atoms with Crippen molar-refractivity contribution in [3.05, 3.63) is 59.3 Å². The van der Waals surface area contributed by atoms with Gasteiger partial charge in [-0.25, -0.2) is 4.98 Å². The average Bonchev–Trinajstić information content (AvgIpc) is 2.62. The summed E-state index contributed by atoms with van der Waals surface area (Å²) in [7, 11) is 0. The summed E-state index contributed by atoms with van der Waals surface area (Å²) in [5.74, 6) is 1.11. The molecule has 0 spiro atoms. The molecule has 2 heterocycles. The molecule has 2 aromatic heterocycles.